The first kappa shape index (κ1) is 24.5. The predicted molar refractivity (Wildman–Crippen MR) is 142 cm³/mol. The number of aromatic nitrogens is 1. The lowest BCUT2D eigenvalue weighted by Crippen LogP contribution is -2.59. The third-order valence-electron chi connectivity index (χ3n) is 6.09. The number of furan rings is 1. The molecule has 5 rings (SSSR count). The van der Waals surface area contributed by atoms with Crippen molar-refractivity contribution in [3.63, 3.8) is 0 Å². The zero-order chi connectivity index (χ0) is 26.2. The first-order valence-corrected chi connectivity index (χ1v) is 12.0. The Morgan fingerprint density at radius 2 is 1.92 bits per heavy atom. The van der Waals surface area contributed by atoms with Gasteiger partial charge in [0.2, 0.25) is 5.91 Å². The quantitative estimate of drug-likeness (QED) is 0.340. The molecule has 2 aromatic heterocycles. The molecule has 3 N–H and O–H groups in total. The van der Waals surface area contributed by atoms with E-state index in [9.17, 15) is 14.0 Å². The van der Waals surface area contributed by atoms with Crippen molar-refractivity contribution < 1.29 is 18.4 Å². The van der Waals surface area contributed by atoms with Gasteiger partial charge in [-0.3, -0.25) is 9.59 Å². The summed E-state index contributed by atoms with van der Waals surface area (Å²) in [6.45, 7) is 1.90. The number of fused-ring (bicyclic) bond motifs is 1. The van der Waals surface area contributed by atoms with Gasteiger partial charge in [-0.1, -0.05) is 23.7 Å². The zero-order valence-electron chi connectivity index (χ0n) is 20.0. The molecule has 188 valence electrons. The Morgan fingerprint density at radius 3 is 2.59 bits per heavy atom. The van der Waals surface area contributed by atoms with Crippen molar-refractivity contribution in [2.75, 3.05) is 18.8 Å². The number of carbonyl (C=O) groups is 2. The maximum Gasteiger partial charge on any atom is 0.254 e. The Balaban J connectivity index is 1.25. The Kier molecular flexibility index (Phi) is 6.43. The fraction of sp³-hybridized carbons (Fsp3) is 0.179. The average molecular weight is 519 g/mol. The minimum atomic E-state index is -1.31. The van der Waals surface area contributed by atoms with Gasteiger partial charge in [0.05, 0.1) is 24.7 Å². The molecule has 1 fully saturated rings. The fourth-order valence-corrected chi connectivity index (χ4v) is 4.48. The van der Waals surface area contributed by atoms with E-state index >= 15 is 0 Å². The molecule has 0 atom stereocenters. The van der Waals surface area contributed by atoms with Gasteiger partial charge in [0.1, 0.15) is 17.2 Å². The number of nitrogens with one attached hydrogen (secondary N) is 1. The van der Waals surface area contributed by atoms with Crippen molar-refractivity contribution in [2.24, 2.45) is 0 Å². The summed E-state index contributed by atoms with van der Waals surface area (Å²) < 4.78 is 19.6. The molecule has 1 saturated heterocycles. The first-order valence-electron chi connectivity index (χ1n) is 11.6. The summed E-state index contributed by atoms with van der Waals surface area (Å²) >= 11 is 6.49. The van der Waals surface area contributed by atoms with Crippen molar-refractivity contribution in [2.45, 2.75) is 19.1 Å². The second-order valence-corrected chi connectivity index (χ2v) is 9.72. The molecule has 0 bridgehead atoms. The number of pyridine rings is 1. The molecule has 2 aromatic carbocycles. The molecule has 0 unspecified atom stereocenters. The average Bonchev–Trinajstić information content (AvgIpc) is 3.29. The highest BCUT2D eigenvalue weighted by Crippen LogP contribution is 2.33. The molecule has 0 aliphatic carbocycles. The molecule has 4 aromatic rings. The van der Waals surface area contributed by atoms with Crippen LogP contribution in [0, 0.1) is 0 Å². The largest absolute Gasteiger partial charge is 0.458 e. The van der Waals surface area contributed by atoms with E-state index in [1.165, 1.54) is 17.9 Å². The summed E-state index contributed by atoms with van der Waals surface area (Å²) in [7, 11) is 0. The van der Waals surface area contributed by atoms with E-state index in [-0.39, 0.29) is 31.4 Å². The molecule has 1 aliphatic rings. The lowest BCUT2D eigenvalue weighted by atomic mass is 9.97. The van der Waals surface area contributed by atoms with E-state index in [0.29, 0.717) is 27.7 Å². The number of nitrogen functional groups attached to an aromatic ring is 1. The van der Waals surface area contributed by atoms with Gasteiger partial charge < -0.3 is 20.4 Å². The van der Waals surface area contributed by atoms with Crippen LogP contribution in [0.5, 0.6) is 0 Å². The van der Waals surface area contributed by atoms with E-state index in [1.54, 1.807) is 42.6 Å². The second-order valence-electron chi connectivity index (χ2n) is 9.31. The van der Waals surface area contributed by atoms with E-state index in [2.05, 4.69) is 10.3 Å². The summed E-state index contributed by atoms with van der Waals surface area (Å²) in [5.74, 6) is 0.500. The van der Waals surface area contributed by atoms with Crippen LogP contribution in [0.15, 0.2) is 71.3 Å². The van der Waals surface area contributed by atoms with Gasteiger partial charge >= 0.3 is 0 Å². The summed E-state index contributed by atoms with van der Waals surface area (Å²) in [5.41, 5.74) is 7.78. The van der Waals surface area contributed by atoms with Crippen LogP contribution in [0.4, 0.5) is 10.2 Å². The third-order valence-corrected chi connectivity index (χ3v) is 6.37. The molecule has 0 radical (unpaired) electrons. The molecular weight excluding hydrogens is 495 g/mol. The van der Waals surface area contributed by atoms with E-state index < -0.39 is 5.67 Å². The molecule has 37 heavy (non-hydrogen) atoms. The number of amides is 2. The summed E-state index contributed by atoms with van der Waals surface area (Å²) in [5, 5.41) is 4.00. The maximum absolute atomic E-state index is 13.7. The Bertz CT molecular complexity index is 1500. The number of nitrogens with two attached hydrogens (primary N) is 1. The molecule has 7 nitrogen and oxygen atoms in total. The lowest BCUT2D eigenvalue weighted by Gasteiger charge is -2.42. The van der Waals surface area contributed by atoms with Crippen LogP contribution in [0.2, 0.25) is 5.02 Å². The molecule has 2 amide bonds. The van der Waals surface area contributed by atoms with Crippen molar-refractivity contribution in [3.8, 4) is 11.1 Å². The molecule has 0 saturated carbocycles. The second kappa shape index (κ2) is 9.71. The predicted octanol–water partition coefficient (Wildman–Crippen LogP) is 5.24. The highest BCUT2D eigenvalue weighted by molar-refractivity contribution is 6.35. The van der Waals surface area contributed by atoms with E-state index in [0.717, 1.165) is 22.1 Å². The third kappa shape index (κ3) is 5.49. The van der Waals surface area contributed by atoms with Crippen LogP contribution in [-0.4, -0.2) is 40.5 Å². The monoisotopic (exact) mass is 518 g/mol. The maximum atomic E-state index is 13.7. The molecule has 9 heteroatoms. The highest BCUT2D eigenvalue weighted by Gasteiger charge is 2.41. The Morgan fingerprint density at radius 1 is 1.16 bits per heavy atom. The number of hydrogen-bond acceptors (Lipinski definition) is 5. The van der Waals surface area contributed by atoms with Gasteiger partial charge in [-0.2, -0.15) is 0 Å². The standard InChI is InChI=1S/C28H24ClFN4O3/c1-28(30)15-34(16-28)27(36)19-6-4-18(5-7-19)20-10-21-11-22(37-26(21)23(29)12-20)14-33-25(35)9-3-17-2-8-24(31)32-13-17/h2-13H,14-16H2,1H3,(H2,31,32)(H,33,35). The first-order chi connectivity index (χ1) is 17.7. The highest BCUT2D eigenvalue weighted by atomic mass is 35.5. The van der Waals surface area contributed by atoms with Gasteiger partial charge in [0, 0.05) is 23.2 Å². The number of benzene rings is 2. The normalized spacial score (nSPS) is 14.6. The van der Waals surface area contributed by atoms with Crippen LogP contribution in [0.1, 0.15) is 28.6 Å². The van der Waals surface area contributed by atoms with E-state index in [1.807, 2.05) is 24.3 Å². The topological polar surface area (TPSA) is 101 Å². The number of carbonyl (C=O) groups excluding carboxylic acids is 2. The van der Waals surface area contributed by atoms with Gasteiger partial charge in [0.25, 0.3) is 5.91 Å². The van der Waals surface area contributed by atoms with Crippen molar-refractivity contribution >= 4 is 46.3 Å². The van der Waals surface area contributed by atoms with Gasteiger partial charge in [-0.25, -0.2) is 9.37 Å². The van der Waals surface area contributed by atoms with Crippen LogP contribution < -0.4 is 11.1 Å². The number of rotatable bonds is 6. The number of likely N-dealkylation sites (tertiary alicyclic amines) is 1. The molecule has 1 aliphatic heterocycles. The number of anilines is 1. The zero-order valence-corrected chi connectivity index (χ0v) is 20.8. The van der Waals surface area contributed by atoms with Crippen LogP contribution >= 0.6 is 11.6 Å². The molecule has 0 spiro atoms. The summed E-state index contributed by atoms with van der Waals surface area (Å²) in [6.07, 6.45) is 4.63. The smallest absolute Gasteiger partial charge is 0.254 e. The minimum Gasteiger partial charge on any atom is -0.458 e. The van der Waals surface area contributed by atoms with Crippen LogP contribution in [0.3, 0.4) is 0 Å². The molecule has 3 heterocycles. The summed E-state index contributed by atoms with van der Waals surface area (Å²) in [6, 6.07) is 16.1. The number of alkyl halides is 1. The van der Waals surface area contributed by atoms with Gasteiger partial charge in [0.15, 0.2) is 5.58 Å². The molecular formula is C28H24ClFN4O3. The number of hydrogen-bond donors (Lipinski definition) is 2. The fourth-order valence-electron chi connectivity index (χ4n) is 4.22. The van der Waals surface area contributed by atoms with Gasteiger partial charge in [-0.05, 0) is 72.2 Å². The van der Waals surface area contributed by atoms with E-state index in [4.69, 9.17) is 21.8 Å². The van der Waals surface area contributed by atoms with Crippen LogP contribution in [0.25, 0.3) is 28.2 Å². The van der Waals surface area contributed by atoms with Crippen molar-refractivity contribution in [1.82, 2.24) is 15.2 Å². The number of nitrogens with zero attached hydrogens (tertiary/aromatic N) is 2. The SMILES string of the molecule is CC1(F)CN(C(=O)c2ccc(-c3cc(Cl)c4oc(CNC(=O)C=Cc5ccc(N)nc5)cc4c3)cc2)C1. The lowest BCUT2D eigenvalue weighted by molar-refractivity contribution is -0.116. The Hall–Kier alpha value is -4.17. The van der Waals surface area contributed by atoms with Crippen molar-refractivity contribution in [1.29, 1.82) is 0 Å². The minimum absolute atomic E-state index is 0.111. The Labute approximate surface area is 217 Å². The van der Waals surface area contributed by atoms with Crippen LogP contribution in [-0.2, 0) is 11.3 Å². The van der Waals surface area contributed by atoms with Gasteiger partial charge in [-0.15, -0.1) is 0 Å². The summed E-state index contributed by atoms with van der Waals surface area (Å²) in [4.78, 5) is 30.2. The van der Waals surface area contributed by atoms with Crippen molar-refractivity contribution in [3.05, 3.63) is 88.8 Å². The number of halogens is 2.